The molecule has 1 heterocycles. The molecule has 0 radical (unpaired) electrons. The summed E-state index contributed by atoms with van der Waals surface area (Å²) in [4.78, 5) is 40.2. The number of carbonyl (C=O) groups excluding carboxylic acids is 3. The number of para-hydroxylation sites is 1. The summed E-state index contributed by atoms with van der Waals surface area (Å²) in [6.45, 7) is 4.87. The summed E-state index contributed by atoms with van der Waals surface area (Å²) in [6.07, 6.45) is -5.24. The fourth-order valence-corrected chi connectivity index (χ4v) is 4.09. The van der Waals surface area contributed by atoms with Gasteiger partial charge in [0.25, 0.3) is 0 Å². The van der Waals surface area contributed by atoms with Gasteiger partial charge in [0.05, 0.1) is 5.56 Å². The van der Waals surface area contributed by atoms with Gasteiger partial charge in [-0.05, 0) is 56.9 Å². The number of fused-ring (bicyclic) bond motifs is 1. The fraction of sp³-hybridized carbons (Fsp3) is 0.423. The van der Waals surface area contributed by atoms with E-state index >= 15 is 0 Å². The number of anilines is 1. The zero-order valence-electron chi connectivity index (χ0n) is 20.6. The topological polar surface area (TPSA) is 87.7 Å². The molecule has 2 aromatic carbocycles. The van der Waals surface area contributed by atoms with E-state index in [9.17, 15) is 27.6 Å². The highest BCUT2D eigenvalue weighted by Crippen LogP contribution is 2.32. The van der Waals surface area contributed by atoms with Gasteiger partial charge in [-0.3, -0.25) is 9.59 Å². The van der Waals surface area contributed by atoms with Gasteiger partial charge in [-0.25, -0.2) is 4.79 Å². The van der Waals surface area contributed by atoms with Crippen LogP contribution >= 0.6 is 0 Å². The summed E-state index contributed by atoms with van der Waals surface area (Å²) in [5, 5.41) is 5.02. The Hall–Kier alpha value is -3.56. The molecule has 1 aliphatic rings. The van der Waals surface area contributed by atoms with Crippen molar-refractivity contribution in [2.45, 2.75) is 63.9 Å². The number of alkyl halides is 3. The first-order chi connectivity index (χ1) is 16.8. The summed E-state index contributed by atoms with van der Waals surface area (Å²) in [5.41, 5.74) is -0.303. The molecular weight excluding hydrogens is 475 g/mol. The monoisotopic (exact) mass is 505 g/mol. The van der Waals surface area contributed by atoms with Crippen LogP contribution in [0.15, 0.2) is 48.5 Å². The molecule has 0 saturated heterocycles. The number of hydrogen-bond acceptors (Lipinski definition) is 4. The lowest BCUT2D eigenvalue weighted by Gasteiger charge is -2.26. The second-order valence-electron chi connectivity index (χ2n) is 9.68. The highest BCUT2D eigenvalue weighted by molar-refractivity contribution is 6.00. The summed E-state index contributed by atoms with van der Waals surface area (Å²) in [6, 6.07) is 9.87. The lowest BCUT2D eigenvalue weighted by Crippen LogP contribution is -2.55. The van der Waals surface area contributed by atoms with E-state index in [1.165, 1.54) is 23.1 Å². The largest absolute Gasteiger partial charge is 0.444 e. The maximum atomic E-state index is 13.6. The predicted molar refractivity (Wildman–Crippen MR) is 128 cm³/mol. The number of nitrogens with one attached hydrogen (secondary N) is 2. The number of nitrogens with zero attached hydrogens (tertiary/aromatic N) is 1. The minimum atomic E-state index is -4.64. The van der Waals surface area contributed by atoms with E-state index in [1.807, 2.05) is 12.1 Å². The number of alkyl carbamates (subject to hydrolysis) is 1. The molecule has 0 unspecified atom stereocenters. The maximum absolute atomic E-state index is 13.6. The fourth-order valence-electron chi connectivity index (χ4n) is 4.09. The zero-order chi connectivity index (χ0) is 26.7. The van der Waals surface area contributed by atoms with Crippen LogP contribution in [-0.4, -0.2) is 42.6 Å². The predicted octanol–water partition coefficient (Wildman–Crippen LogP) is 4.24. The van der Waals surface area contributed by atoms with Crippen molar-refractivity contribution in [2.24, 2.45) is 0 Å². The third-order valence-electron chi connectivity index (χ3n) is 5.75. The van der Waals surface area contributed by atoms with Gasteiger partial charge in [0.2, 0.25) is 11.8 Å². The molecule has 2 atom stereocenters. The van der Waals surface area contributed by atoms with Crippen LogP contribution in [-0.2, 0) is 33.3 Å². The van der Waals surface area contributed by atoms with Crippen LogP contribution in [0.3, 0.4) is 0 Å². The van der Waals surface area contributed by atoms with Crippen LogP contribution in [0, 0.1) is 0 Å². The number of carbonyl (C=O) groups is 3. The molecule has 0 spiro atoms. The van der Waals surface area contributed by atoms with Crippen LogP contribution in [0.2, 0.25) is 0 Å². The van der Waals surface area contributed by atoms with Gasteiger partial charge in [0.1, 0.15) is 17.7 Å². The van der Waals surface area contributed by atoms with Crippen molar-refractivity contribution in [2.75, 3.05) is 11.9 Å². The molecule has 2 aromatic rings. The Balaban J connectivity index is 1.85. The van der Waals surface area contributed by atoms with E-state index in [1.54, 1.807) is 40.0 Å². The second kappa shape index (κ2) is 10.6. The van der Waals surface area contributed by atoms with Gasteiger partial charge in [0, 0.05) is 19.2 Å². The molecule has 3 amide bonds. The summed E-state index contributed by atoms with van der Waals surface area (Å²) >= 11 is 0. The van der Waals surface area contributed by atoms with Gasteiger partial charge in [0.15, 0.2) is 0 Å². The Bertz CT molecular complexity index is 1130. The molecule has 0 aromatic heterocycles. The van der Waals surface area contributed by atoms with E-state index in [0.717, 1.165) is 17.3 Å². The molecule has 0 saturated carbocycles. The highest BCUT2D eigenvalue weighted by Gasteiger charge is 2.36. The van der Waals surface area contributed by atoms with Crippen LogP contribution in [0.5, 0.6) is 0 Å². The van der Waals surface area contributed by atoms with Gasteiger partial charge in [-0.1, -0.05) is 36.4 Å². The SMILES string of the molecule is CN1C(=O)[C@H](NC(=O)[C@@H](Cc2ccccc2C(F)(F)F)NC(=O)OC(C)(C)C)CCc2ccccc21. The molecule has 2 N–H and O–H groups in total. The van der Waals surface area contributed by atoms with Crippen molar-refractivity contribution in [1.82, 2.24) is 10.6 Å². The summed E-state index contributed by atoms with van der Waals surface area (Å²) in [7, 11) is 1.60. The lowest BCUT2D eigenvalue weighted by molar-refractivity contribution is -0.138. The molecule has 194 valence electrons. The first kappa shape index (κ1) is 27.0. The van der Waals surface area contributed by atoms with Crippen molar-refractivity contribution < 1.29 is 32.3 Å². The van der Waals surface area contributed by atoms with Crippen molar-refractivity contribution in [3.8, 4) is 0 Å². The minimum absolute atomic E-state index is 0.169. The van der Waals surface area contributed by atoms with Crippen molar-refractivity contribution >= 4 is 23.6 Å². The van der Waals surface area contributed by atoms with Crippen LogP contribution < -0.4 is 15.5 Å². The van der Waals surface area contributed by atoms with Crippen LogP contribution in [0.4, 0.5) is 23.7 Å². The average molecular weight is 506 g/mol. The molecule has 3 rings (SSSR count). The Morgan fingerprint density at radius 2 is 1.72 bits per heavy atom. The van der Waals surface area contributed by atoms with E-state index < -0.39 is 47.8 Å². The van der Waals surface area contributed by atoms with Gasteiger partial charge in [-0.15, -0.1) is 0 Å². The normalized spacial score (nSPS) is 17.0. The lowest BCUT2D eigenvalue weighted by atomic mass is 9.98. The molecule has 10 heteroatoms. The molecule has 1 aliphatic heterocycles. The number of ether oxygens (including phenoxy) is 1. The number of rotatable bonds is 5. The third kappa shape index (κ3) is 6.77. The summed E-state index contributed by atoms with van der Waals surface area (Å²) in [5.74, 6) is -1.14. The molecule has 7 nitrogen and oxygen atoms in total. The van der Waals surface area contributed by atoms with Gasteiger partial charge < -0.3 is 20.3 Å². The van der Waals surface area contributed by atoms with Crippen LogP contribution in [0.25, 0.3) is 0 Å². The smallest absolute Gasteiger partial charge is 0.416 e. The minimum Gasteiger partial charge on any atom is -0.444 e. The number of halogens is 3. The molecule has 0 bridgehead atoms. The first-order valence-corrected chi connectivity index (χ1v) is 11.6. The number of likely N-dealkylation sites (N-methyl/N-ethyl adjacent to an activating group) is 1. The molecule has 0 aliphatic carbocycles. The number of hydrogen-bond donors (Lipinski definition) is 2. The van der Waals surface area contributed by atoms with E-state index in [0.29, 0.717) is 12.8 Å². The average Bonchev–Trinajstić information content (AvgIpc) is 2.89. The highest BCUT2D eigenvalue weighted by atomic mass is 19.4. The van der Waals surface area contributed by atoms with E-state index in [2.05, 4.69) is 10.6 Å². The van der Waals surface area contributed by atoms with Crippen molar-refractivity contribution in [1.29, 1.82) is 0 Å². The summed E-state index contributed by atoms with van der Waals surface area (Å²) < 4.78 is 45.9. The maximum Gasteiger partial charge on any atom is 0.416 e. The molecule has 36 heavy (non-hydrogen) atoms. The van der Waals surface area contributed by atoms with Gasteiger partial charge in [-0.2, -0.15) is 13.2 Å². The van der Waals surface area contributed by atoms with Crippen molar-refractivity contribution in [3.05, 3.63) is 65.2 Å². The number of amides is 3. The Labute approximate surface area is 208 Å². The Morgan fingerprint density at radius 3 is 2.39 bits per heavy atom. The zero-order valence-corrected chi connectivity index (χ0v) is 20.6. The Kier molecular flexibility index (Phi) is 7.96. The molecular formula is C26H30F3N3O4. The second-order valence-corrected chi connectivity index (χ2v) is 9.68. The van der Waals surface area contributed by atoms with E-state index in [4.69, 9.17) is 4.74 Å². The third-order valence-corrected chi connectivity index (χ3v) is 5.75. The van der Waals surface area contributed by atoms with Crippen molar-refractivity contribution in [3.63, 3.8) is 0 Å². The molecule has 0 fully saturated rings. The standard InChI is InChI=1S/C26H30F3N3O4/c1-25(2,3)36-24(35)31-20(15-17-10-5-7-11-18(17)26(27,28)29)22(33)30-19-14-13-16-9-6-8-12-21(16)32(4)23(19)34/h5-12,19-20H,13-15H2,1-4H3,(H,30,33)(H,31,35)/t19-,20-/m1/s1. The van der Waals surface area contributed by atoms with E-state index in [-0.39, 0.29) is 11.5 Å². The first-order valence-electron chi connectivity index (χ1n) is 11.6. The van der Waals surface area contributed by atoms with Crippen LogP contribution in [0.1, 0.15) is 43.9 Å². The number of benzene rings is 2. The quantitative estimate of drug-likeness (QED) is 0.637. The Morgan fingerprint density at radius 1 is 1.08 bits per heavy atom. The van der Waals surface area contributed by atoms with Gasteiger partial charge >= 0.3 is 12.3 Å². The number of aryl methyl sites for hydroxylation is 1.